The number of nitrogens with one attached hydrogen (secondary N) is 1. The minimum absolute atomic E-state index is 0.0402. The van der Waals surface area contributed by atoms with Crippen LogP contribution < -0.4 is 10.1 Å². The van der Waals surface area contributed by atoms with Gasteiger partial charge in [-0.1, -0.05) is 0 Å². The molecular formula is C14H19NO6. The highest BCUT2D eigenvalue weighted by molar-refractivity contribution is 5.94. The van der Waals surface area contributed by atoms with E-state index in [1.807, 2.05) is 0 Å². The average Bonchev–Trinajstić information content (AvgIpc) is 2.46. The number of anilines is 1. The zero-order valence-corrected chi connectivity index (χ0v) is 12.0. The van der Waals surface area contributed by atoms with E-state index >= 15 is 0 Å². The SMILES string of the molecule is COCCOCCC(=O)Nc1ccc(C(=O)O)c(OC)c1. The fraction of sp³-hybridized carbons (Fsp3) is 0.429. The Labute approximate surface area is 122 Å². The zero-order valence-electron chi connectivity index (χ0n) is 12.0. The van der Waals surface area contributed by atoms with Crippen molar-refractivity contribution in [3.63, 3.8) is 0 Å². The number of rotatable bonds is 9. The predicted octanol–water partition coefficient (Wildman–Crippen LogP) is 1.38. The third kappa shape index (κ3) is 5.80. The van der Waals surface area contributed by atoms with Crippen LogP contribution in [0.15, 0.2) is 18.2 Å². The van der Waals surface area contributed by atoms with Gasteiger partial charge in [-0.25, -0.2) is 4.79 Å². The van der Waals surface area contributed by atoms with Crippen molar-refractivity contribution in [2.24, 2.45) is 0 Å². The van der Waals surface area contributed by atoms with E-state index in [1.165, 1.54) is 25.3 Å². The largest absolute Gasteiger partial charge is 0.496 e. The molecule has 0 aliphatic rings. The molecule has 0 radical (unpaired) electrons. The van der Waals surface area contributed by atoms with Crippen molar-refractivity contribution in [3.05, 3.63) is 23.8 Å². The van der Waals surface area contributed by atoms with Gasteiger partial charge in [-0.2, -0.15) is 0 Å². The predicted molar refractivity (Wildman–Crippen MR) is 75.9 cm³/mol. The molecule has 0 bridgehead atoms. The third-order valence-corrected chi connectivity index (χ3v) is 2.62. The van der Waals surface area contributed by atoms with E-state index in [9.17, 15) is 9.59 Å². The topological polar surface area (TPSA) is 94.1 Å². The van der Waals surface area contributed by atoms with E-state index in [4.69, 9.17) is 19.3 Å². The summed E-state index contributed by atoms with van der Waals surface area (Å²) in [6.45, 7) is 1.21. The quantitative estimate of drug-likeness (QED) is 0.669. The van der Waals surface area contributed by atoms with Crippen LogP contribution in [0.3, 0.4) is 0 Å². The molecule has 1 aromatic carbocycles. The minimum atomic E-state index is -1.09. The molecule has 116 valence electrons. The summed E-state index contributed by atoms with van der Waals surface area (Å²) in [5, 5.41) is 11.6. The van der Waals surface area contributed by atoms with Crippen molar-refractivity contribution < 1.29 is 28.9 Å². The molecule has 1 amide bonds. The fourth-order valence-electron chi connectivity index (χ4n) is 1.58. The van der Waals surface area contributed by atoms with Crippen LogP contribution in [0.2, 0.25) is 0 Å². The molecule has 7 heteroatoms. The Balaban J connectivity index is 2.51. The van der Waals surface area contributed by atoms with E-state index in [-0.39, 0.29) is 23.6 Å². The summed E-state index contributed by atoms with van der Waals surface area (Å²) in [4.78, 5) is 22.6. The number of hydrogen-bond acceptors (Lipinski definition) is 5. The molecule has 7 nitrogen and oxygen atoms in total. The molecule has 0 atom stereocenters. The van der Waals surface area contributed by atoms with Crippen molar-refractivity contribution in [3.8, 4) is 5.75 Å². The number of carbonyl (C=O) groups is 2. The van der Waals surface area contributed by atoms with Crippen LogP contribution >= 0.6 is 0 Å². The van der Waals surface area contributed by atoms with Gasteiger partial charge in [-0.15, -0.1) is 0 Å². The number of methoxy groups -OCH3 is 2. The summed E-state index contributed by atoms with van der Waals surface area (Å²) in [5.74, 6) is -1.12. The van der Waals surface area contributed by atoms with E-state index in [1.54, 1.807) is 7.11 Å². The van der Waals surface area contributed by atoms with Crippen molar-refractivity contribution in [2.45, 2.75) is 6.42 Å². The number of benzene rings is 1. The molecular weight excluding hydrogens is 278 g/mol. The van der Waals surface area contributed by atoms with Crippen LogP contribution in [0.1, 0.15) is 16.8 Å². The highest BCUT2D eigenvalue weighted by Gasteiger charge is 2.12. The van der Waals surface area contributed by atoms with Crippen LogP contribution in [0, 0.1) is 0 Å². The van der Waals surface area contributed by atoms with Gasteiger partial charge >= 0.3 is 5.97 Å². The molecule has 0 saturated heterocycles. The highest BCUT2D eigenvalue weighted by Crippen LogP contribution is 2.23. The molecule has 0 fully saturated rings. The lowest BCUT2D eigenvalue weighted by Crippen LogP contribution is -2.15. The Morgan fingerprint density at radius 1 is 1.19 bits per heavy atom. The van der Waals surface area contributed by atoms with Crippen LogP contribution in [-0.2, 0) is 14.3 Å². The molecule has 0 aromatic heterocycles. The van der Waals surface area contributed by atoms with E-state index in [2.05, 4.69) is 5.32 Å². The number of carbonyl (C=O) groups excluding carboxylic acids is 1. The third-order valence-electron chi connectivity index (χ3n) is 2.62. The zero-order chi connectivity index (χ0) is 15.7. The number of amides is 1. The summed E-state index contributed by atoms with van der Waals surface area (Å²) in [6.07, 6.45) is 0.201. The van der Waals surface area contributed by atoms with Crippen LogP contribution in [0.5, 0.6) is 5.75 Å². The number of carboxylic acids is 1. The second kappa shape index (κ2) is 8.93. The maximum Gasteiger partial charge on any atom is 0.339 e. The lowest BCUT2D eigenvalue weighted by Gasteiger charge is -2.09. The second-order valence-corrected chi connectivity index (χ2v) is 4.12. The maximum absolute atomic E-state index is 11.7. The molecule has 0 saturated carbocycles. The molecule has 0 unspecified atom stereocenters. The lowest BCUT2D eigenvalue weighted by molar-refractivity contribution is -0.117. The monoisotopic (exact) mass is 297 g/mol. The normalized spacial score (nSPS) is 10.2. The van der Waals surface area contributed by atoms with Gasteiger partial charge in [0.1, 0.15) is 11.3 Å². The molecule has 0 heterocycles. The van der Waals surface area contributed by atoms with Crippen LogP contribution in [-0.4, -0.2) is 51.0 Å². The van der Waals surface area contributed by atoms with Crippen molar-refractivity contribution in [1.82, 2.24) is 0 Å². The lowest BCUT2D eigenvalue weighted by atomic mass is 10.2. The average molecular weight is 297 g/mol. The van der Waals surface area contributed by atoms with Gasteiger partial charge in [-0.05, 0) is 12.1 Å². The Morgan fingerprint density at radius 3 is 2.57 bits per heavy atom. The van der Waals surface area contributed by atoms with Gasteiger partial charge in [-0.3, -0.25) is 4.79 Å². The van der Waals surface area contributed by atoms with Gasteiger partial charge in [0.05, 0.1) is 33.4 Å². The maximum atomic E-state index is 11.7. The highest BCUT2D eigenvalue weighted by atomic mass is 16.5. The minimum Gasteiger partial charge on any atom is -0.496 e. The van der Waals surface area contributed by atoms with E-state index < -0.39 is 5.97 Å². The summed E-state index contributed by atoms with van der Waals surface area (Å²) >= 11 is 0. The Morgan fingerprint density at radius 2 is 1.95 bits per heavy atom. The molecule has 21 heavy (non-hydrogen) atoms. The summed E-state index contributed by atoms with van der Waals surface area (Å²) < 4.78 is 15.0. The number of carboxylic acid groups (broad SMARTS) is 1. The fourth-order valence-corrected chi connectivity index (χ4v) is 1.58. The molecule has 1 rings (SSSR count). The van der Waals surface area contributed by atoms with Gasteiger partial charge in [0.15, 0.2) is 0 Å². The summed E-state index contributed by atoms with van der Waals surface area (Å²) in [5.41, 5.74) is 0.511. The van der Waals surface area contributed by atoms with Crippen molar-refractivity contribution in [2.75, 3.05) is 39.4 Å². The Kier molecular flexibility index (Phi) is 7.20. The second-order valence-electron chi connectivity index (χ2n) is 4.12. The summed E-state index contributed by atoms with van der Waals surface area (Å²) in [7, 11) is 2.95. The van der Waals surface area contributed by atoms with Crippen molar-refractivity contribution >= 4 is 17.6 Å². The first kappa shape index (κ1) is 16.9. The first-order valence-electron chi connectivity index (χ1n) is 6.36. The van der Waals surface area contributed by atoms with Gasteiger partial charge in [0.25, 0.3) is 0 Å². The van der Waals surface area contributed by atoms with Gasteiger partial charge in [0, 0.05) is 18.9 Å². The summed E-state index contributed by atoms with van der Waals surface area (Å²) in [6, 6.07) is 4.36. The van der Waals surface area contributed by atoms with Gasteiger partial charge in [0.2, 0.25) is 5.91 Å². The molecule has 1 aromatic rings. The molecule has 0 aliphatic heterocycles. The van der Waals surface area contributed by atoms with Crippen molar-refractivity contribution in [1.29, 1.82) is 0 Å². The first-order chi connectivity index (χ1) is 10.1. The number of ether oxygens (including phenoxy) is 3. The van der Waals surface area contributed by atoms with E-state index in [0.29, 0.717) is 25.5 Å². The Bertz CT molecular complexity index is 488. The molecule has 0 spiro atoms. The molecule has 0 aliphatic carbocycles. The Hall–Kier alpha value is -2.12. The molecule has 2 N–H and O–H groups in total. The standard InChI is InChI=1S/C14H19NO6/c1-19-7-8-21-6-5-13(16)15-10-3-4-11(14(17)18)12(9-10)20-2/h3-4,9H,5-8H2,1-2H3,(H,15,16)(H,17,18). The number of aromatic carboxylic acids is 1. The van der Waals surface area contributed by atoms with Crippen LogP contribution in [0.4, 0.5) is 5.69 Å². The number of hydrogen-bond donors (Lipinski definition) is 2. The smallest absolute Gasteiger partial charge is 0.339 e. The first-order valence-corrected chi connectivity index (χ1v) is 6.36. The van der Waals surface area contributed by atoms with Gasteiger partial charge < -0.3 is 24.6 Å². The van der Waals surface area contributed by atoms with E-state index in [0.717, 1.165) is 0 Å². The van der Waals surface area contributed by atoms with Crippen LogP contribution in [0.25, 0.3) is 0 Å².